The third-order valence-electron chi connectivity index (χ3n) is 7.41. The van der Waals surface area contributed by atoms with Crippen molar-refractivity contribution in [1.29, 1.82) is 0 Å². The second-order valence-electron chi connectivity index (χ2n) is 13.0. The number of nitrogens with one attached hydrogen (secondary N) is 1. The van der Waals surface area contributed by atoms with Crippen molar-refractivity contribution in [2.24, 2.45) is 11.5 Å². The number of nitrogens with zero attached hydrogens (tertiary/aromatic N) is 2. The van der Waals surface area contributed by atoms with Gasteiger partial charge in [-0.2, -0.15) is 0 Å². The molecule has 4 aromatic rings. The molecule has 2 amide bonds. The molecule has 53 heavy (non-hydrogen) atoms. The third kappa shape index (κ3) is 18.2. The minimum absolute atomic E-state index is 0.215. The first-order chi connectivity index (χ1) is 25.4. The van der Waals surface area contributed by atoms with Gasteiger partial charge in [0.2, 0.25) is 5.91 Å². The number of benzene rings is 3. The monoisotopic (exact) mass is 727 g/mol. The molecule has 1 heterocycles. The number of primary amides is 1. The van der Waals surface area contributed by atoms with Crippen LogP contribution in [0.15, 0.2) is 91.3 Å². The number of hydrogen-bond donors (Lipinski definition) is 3. The highest BCUT2D eigenvalue weighted by atomic mass is 16.6. The molecule has 0 aliphatic heterocycles. The molecule has 286 valence electrons. The van der Waals surface area contributed by atoms with Gasteiger partial charge < -0.3 is 31.0 Å². The Hall–Kier alpha value is -5.29. The van der Waals surface area contributed by atoms with E-state index in [0.29, 0.717) is 12.2 Å². The summed E-state index contributed by atoms with van der Waals surface area (Å²) in [4.78, 5) is 43.4. The Kier molecular flexibility index (Phi) is 19.9. The van der Waals surface area contributed by atoms with Gasteiger partial charge in [0.25, 0.3) is 0 Å². The summed E-state index contributed by atoms with van der Waals surface area (Å²) in [5, 5.41) is 2.54. The van der Waals surface area contributed by atoms with E-state index in [2.05, 4.69) is 26.9 Å². The molecule has 0 saturated carbocycles. The number of nitrogens with two attached hydrogens (primary N) is 2. The van der Waals surface area contributed by atoms with E-state index in [1.54, 1.807) is 20.8 Å². The van der Waals surface area contributed by atoms with E-state index in [9.17, 15) is 14.4 Å². The number of carbonyl (C=O) groups excluding carboxylic acids is 3. The van der Waals surface area contributed by atoms with Gasteiger partial charge in [-0.05, 0) is 62.4 Å². The van der Waals surface area contributed by atoms with E-state index in [4.69, 9.17) is 20.9 Å². The van der Waals surface area contributed by atoms with Gasteiger partial charge in [-0.25, -0.2) is 14.8 Å². The Morgan fingerprint density at radius 1 is 0.774 bits per heavy atom. The fraction of sp³-hybridized carbons (Fsp3) is 0.405. The first-order valence-corrected chi connectivity index (χ1v) is 18.3. The number of ether oxygens (including phenoxy) is 3. The maximum Gasteiger partial charge on any atom is 0.404 e. The number of amides is 2. The Morgan fingerprint density at radius 3 is 1.96 bits per heavy atom. The van der Waals surface area contributed by atoms with E-state index in [-0.39, 0.29) is 13.2 Å². The van der Waals surface area contributed by atoms with Crippen molar-refractivity contribution < 1.29 is 28.6 Å². The maximum atomic E-state index is 12.3. The van der Waals surface area contributed by atoms with Gasteiger partial charge in [0.05, 0.1) is 12.6 Å². The van der Waals surface area contributed by atoms with Crippen LogP contribution < -0.4 is 21.5 Å². The molecular weight excluding hydrogens is 670 g/mol. The van der Waals surface area contributed by atoms with Crippen molar-refractivity contribution in [3.05, 3.63) is 102 Å². The lowest BCUT2D eigenvalue weighted by Crippen LogP contribution is -2.44. The normalized spacial score (nSPS) is 11.1. The van der Waals surface area contributed by atoms with E-state index in [1.807, 2.05) is 105 Å². The minimum Gasteiger partial charge on any atom is -0.494 e. The van der Waals surface area contributed by atoms with Gasteiger partial charge in [-0.3, -0.25) is 9.59 Å². The number of aromatic nitrogens is 2. The lowest BCUT2D eigenvalue weighted by atomic mass is 10.0. The van der Waals surface area contributed by atoms with Crippen molar-refractivity contribution in [2.45, 2.75) is 98.3 Å². The molecule has 11 nitrogen and oxygen atoms in total. The Labute approximate surface area is 314 Å². The minimum atomic E-state index is -0.786. The summed E-state index contributed by atoms with van der Waals surface area (Å²) in [5.41, 5.74) is 14.9. The molecule has 0 fully saturated rings. The van der Waals surface area contributed by atoms with Crippen LogP contribution in [0.1, 0.15) is 84.8 Å². The van der Waals surface area contributed by atoms with E-state index < -0.39 is 29.6 Å². The molecule has 4 rings (SSSR count). The van der Waals surface area contributed by atoms with Gasteiger partial charge in [0.1, 0.15) is 24.5 Å². The molecule has 0 radical (unpaired) electrons. The molecule has 0 aliphatic rings. The van der Waals surface area contributed by atoms with Crippen LogP contribution in [0.2, 0.25) is 0 Å². The number of esters is 1. The standard InChI is InChI=1S/C32H42N4O4.C8H9NO2.C2H6/c1-5-6-7-8-9-18-39-27-16-14-24(15-17-27)26-20-34-30(35-21-26)25-12-10-23(11-13-25)19-28(33)31(38)36-22-29(37)40-32(2,3)4;9-8(10)11-6-7-4-2-1-3-5-7;1-2/h10-17,20-21,28H,5-9,18-19,22,33H2,1-4H3,(H,36,38);1-5H,6H2,(H2,9,10);1-2H3. The molecule has 3 aromatic carbocycles. The largest absolute Gasteiger partial charge is 0.494 e. The molecule has 11 heteroatoms. The SMILES string of the molecule is CC.CCCCCCCOc1ccc(-c2cnc(-c3ccc(CC(N)C(=O)NCC(=O)OC(C)(C)C)cc3)nc2)cc1.NC(=O)OCc1ccccc1. The molecule has 0 spiro atoms. The van der Waals surface area contributed by atoms with E-state index in [1.165, 1.54) is 25.7 Å². The molecule has 1 unspecified atom stereocenters. The van der Waals surface area contributed by atoms with Crippen LogP contribution in [0.3, 0.4) is 0 Å². The van der Waals surface area contributed by atoms with Gasteiger partial charge in [0.15, 0.2) is 5.82 Å². The Balaban J connectivity index is 0.000000632. The smallest absolute Gasteiger partial charge is 0.404 e. The topological polar surface area (TPSA) is 169 Å². The van der Waals surface area contributed by atoms with Gasteiger partial charge in [-0.1, -0.05) is 113 Å². The Morgan fingerprint density at radius 2 is 1.38 bits per heavy atom. The predicted molar refractivity (Wildman–Crippen MR) is 210 cm³/mol. The summed E-state index contributed by atoms with van der Waals surface area (Å²) in [5.74, 6) is 0.573. The molecule has 1 atom stereocenters. The molecular formula is C42H57N5O6. The maximum absolute atomic E-state index is 12.3. The predicted octanol–water partition coefficient (Wildman–Crippen LogP) is 7.80. The molecule has 0 aliphatic carbocycles. The van der Waals surface area contributed by atoms with Gasteiger partial charge in [-0.15, -0.1) is 0 Å². The second kappa shape index (κ2) is 24.0. The van der Waals surface area contributed by atoms with Crippen molar-refractivity contribution in [3.63, 3.8) is 0 Å². The van der Waals surface area contributed by atoms with Gasteiger partial charge in [0, 0.05) is 23.5 Å². The number of unbranched alkanes of at least 4 members (excludes halogenated alkanes) is 4. The van der Waals surface area contributed by atoms with Crippen LogP contribution in [0.4, 0.5) is 4.79 Å². The second-order valence-corrected chi connectivity index (χ2v) is 13.0. The van der Waals surface area contributed by atoms with Crippen molar-refractivity contribution >= 4 is 18.0 Å². The van der Waals surface area contributed by atoms with E-state index >= 15 is 0 Å². The average molecular weight is 728 g/mol. The molecule has 0 saturated heterocycles. The summed E-state index contributed by atoms with van der Waals surface area (Å²) in [6.07, 6.45) is 9.30. The Bertz CT molecular complexity index is 1620. The average Bonchev–Trinajstić information content (AvgIpc) is 3.16. The summed E-state index contributed by atoms with van der Waals surface area (Å²) in [6.45, 7) is 12.3. The highest BCUT2D eigenvalue weighted by Crippen LogP contribution is 2.23. The highest BCUT2D eigenvalue weighted by Gasteiger charge is 2.19. The molecule has 5 N–H and O–H groups in total. The van der Waals surface area contributed by atoms with Crippen LogP contribution >= 0.6 is 0 Å². The van der Waals surface area contributed by atoms with Crippen molar-refractivity contribution in [1.82, 2.24) is 15.3 Å². The van der Waals surface area contributed by atoms with E-state index in [0.717, 1.165) is 46.6 Å². The lowest BCUT2D eigenvalue weighted by molar-refractivity contribution is -0.154. The molecule has 0 bridgehead atoms. The number of hydrogen-bond acceptors (Lipinski definition) is 9. The quantitative estimate of drug-likeness (QED) is 0.0770. The first kappa shape index (κ1) is 43.9. The fourth-order valence-corrected chi connectivity index (χ4v) is 4.80. The zero-order chi connectivity index (χ0) is 39.1. The number of rotatable bonds is 16. The summed E-state index contributed by atoms with van der Waals surface area (Å²) >= 11 is 0. The first-order valence-electron chi connectivity index (χ1n) is 18.3. The number of carbonyl (C=O) groups is 3. The summed E-state index contributed by atoms with van der Waals surface area (Å²) in [7, 11) is 0. The fourth-order valence-electron chi connectivity index (χ4n) is 4.80. The van der Waals surface area contributed by atoms with Gasteiger partial charge >= 0.3 is 12.1 Å². The van der Waals surface area contributed by atoms with Crippen LogP contribution in [0.5, 0.6) is 5.75 Å². The summed E-state index contributed by atoms with van der Waals surface area (Å²) in [6, 6.07) is 24.2. The summed E-state index contributed by atoms with van der Waals surface area (Å²) < 4.78 is 15.6. The van der Waals surface area contributed by atoms with Crippen LogP contribution in [0.25, 0.3) is 22.5 Å². The van der Waals surface area contributed by atoms with Crippen LogP contribution in [-0.2, 0) is 32.1 Å². The lowest BCUT2D eigenvalue weighted by Gasteiger charge is -2.20. The third-order valence-corrected chi connectivity index (χ3v) is 7.41. The zero-order valence-corrected chi connectivity index (χ0v) is 32.1. The van der Waals surface area contributed by atoms with Crippen molar-refractivity contribution in [3.8, 4) is 28.3 Å². The zero-order valence-electron chi connectivity index (χ0n) is 32.1. The van der Waals surface area contributed by atoms with Crippen LogP contribution in [-0.4, -0.2) is 52.7 Å². The van der Waals surface area contributed by atoms with Crippen LogP contribution in [0, 0.1) is 0 Å². The highest BCUT2D eigenvalue weighted by molar-refractivity contribution is 5.85. The molecule has 1 aromatic heterocycles. The van der Waals surface area contributed by atoms with Crippen molar-refractivity contribution in [2.75, 3.05) is 13.2 Å².